The molecule has 0 bridgehead atoms. The van der Waals surface area contributed by atoms with Crippen LogP contribution in [0.15, 0.2) is 30.3 Å². The van der Waals surface area contributed by atoms with Crippen LogP contribution in [0.25, 0.3) is 0 Å². The molecule has 0 aromatic heterocycles. The molecule has 21 heavy (non-hydrogen) atoms. The van der Waals surface area contributed by atoms with Crippen molar-refractivity contribution in [1.82, 2.24) is 5.06 Å². The molecule has 0 saturated heterocycles. The molecule has 6 heteroatoms. The molecular formula is C15H20F2NO3. The van der Waals surface area contributed by atoms with E-state index in [4.69, 9.17) is 0 Å². The van der Waals surface area contributed by atoms with Gasteiger partial charge in [-0.3, -0.25) is 0 Å². The normalized spacial score (nSPS) is 14.1. The number of hydroxylamine groups is 2. The molecule has 0 fully saturated rings. The summed E-state index contributed by atoms with van der Waals surface area (Å²) >= 11 is 0. The van der Waals surface area contributed by atoms with Gasteiger partial charge < -0.3 is 4.74 Å². The monoisotopic (exact) mass is 300 g/mol. The predicted molar refractivity (Wildman–Crippen MR) is 73.0 cm³/mol. The minimum Gasteiger partial charge on any atom is -0.462 e. The molecule has 1 atom stereocenters. The minimum absolute atomic E-state index is 0.0699. The van der Waals surface area contributed by atoms with E-state index in [-0.39, 0.29) is 17.2 Å². The molecule has 0 aliphatic rings. The van der Waals surface area contributed by atoms with Crippen molar-refractivity contribution in [2.24, 2.45) is 0 Å². The Morgan fingerprint density at radius 2 is 1.76 bits per heavy atom. The first kappa shape index (κ1) is 17.5. The van der Waals surface area contributed by atoms with Crippen LogP contribution in [-0.4, -0.2) is 29.1 Å². The molecule has 0 amide bonds. The first-order valence-corrected chi connectivity index (χ1v) is 6.68. The van der Waals surface area contributed by atoms with Crippen LogP contribution in [0, 0.1) is 0 Å². The maximum absolute atomic E-state index is 14.4. The zero-order valence-electron chi connectivity index (χ0n) is 12.6. The third kappa shape index (κ3) is 3.98. The Labute approximate surface area is 123 Å². The highest BCUT2D eigenvalue weighted by Gasteiger charge is 2.54. The molecule has 0 aliphatic carbocycles. The van der Waals surface area contributed by atoms with Crippen LogP contribution in [0.2, 0.25) is 0 Å². The van der Waals surface area contributed by atoms with E-state index in [1.807, 2.05) is 0 Å². The van der Waals surface area contributed by atoms with Crippen molar-refractivity contribution in [2.75, 3.05) is 6.61 Å². The van der Waals surface area contributed by atoms with Crippen LogP contribution >= 0.6 is 0 Å². The van der Waals surface area contributed by atoms with E-state index in [1.54, 1.807) is 18.2 Å². The van der Waals surface area contributed by atoms with Gasteiger partial charge in [-0.15, -0.1) is 10.3 Å². The number of nitrogens with zero attached hydrogens (tertiary/aromatic N) is 1. The summed E-state index contributed by atoms with van der Waals surface area (Å²) in [5.41, 5.74) is -1.02. The van der Waals surface area contributed by atoms with Crippen molar-refractivity contribution in [3.63, 3.8) is 0 Å². The maximum atomic E-state index is 14.4. The van der Waals surface area contributed by atoms with Gasteiger partial charge in [0.25, 0.3) is 0 Å². The van der Waals surface area contributed by atoms with Crippen LogP contribution < -0.4 is 0 Å². The molecule has 0 spiro atoms. The summed E-state index contributed by atoms with van der Waals surface area (Å²) in [5, 5.41) is 12.6. The second-order valence-corrected chi connectivity index (χ2v) is 5.65. The summed E-state index contributed by atoms with van der Waals surface area (Å²) in [6.45, 7) is 5.79. The van der Waals surface area contributed by atoms with Gasteiger partial charge >= 0.3 is 11.9 Å². The first-order chi connectivity index (χ1) is 9.62. The van der Waals surface area contributed by atoms with E-state index >= 15 is 0 Å². The summed E-state index contributed by atoms with van der Waals surface area (Å²) in [4.78, 5) is 11.6. The van der Waals surface area contributed by atoms with Crippen LogP contribution in [0.3, 0.4) is 0 Å². The van der Waals surface area contributed by atoms with Crippen molar-refractivity contribution >= 4 is 5.97 Å². The number of rotatable bonds is 5. The molecule has 1 unspecified atom stereocenters. The lowest BCUT2D eigenvalue weighted by atomic mass is 9.96. The van der Waals surface area contributed by atoms with Gasteiger partial charge in [0.1, 0.15) is 6.04 Å². The highest BCUT2D eigenvalue weighted by Crippen LogP contribution is 2.40. The van der Waals surface area contributed by atoms with Crippen molar-refractivity contribution in [3.05, 3.63) is 35.9 Å². The number of halogens is 2. The summed E-state index contributed by atoms with van der Waals surface area (Å²) < 4.78 is 33.3. The Kier molecular flexibility index (Phi) is 5.42. The van der Waals surface area contributed by atoms with Gasteiger partial charge in [0, 0.05) is 5.54 Å². The lowest BCUT2D eigenvalue weighted by molar-refractivity contribution is -0.284. The zero-order valence-corrected chi connectivity index (χ0v) is 12.6. The Balaban J connectivity index is 3.29. The van der Waals surface area contributed by atoms with Gasteiger partial charge in [-0.2, -0.15) is 8.78 Å². The number of esters is 1. The molecule has 4 nitrogen and oxygen atoms in total. The summed E-state index contributed by atoms with van der Waals surface area (Å²) in [6.07, 6.45) is 0. The Bertz CT molecular complexity index is 472. The Morgan fingerprint density at radius 1 is 1.24 bits per heavy atom. The molecule has 0 N–H and O–H groups in total. The second-order valence-electron chi connectivity index (χ2n) is 5.65. The number of carbonyl (C=O) groups is 1. The number of carbonyl (C=O) groups excluding carboxylic acids is 1. The molecule has 1 aromatic rings. The molecule has 0 heterocycles. The smallest absolute Gasteiger partial charge is 0.379 e. The van der Waals surface area contributed by atoms with E-state index < -0.39 is 23.5 Å². The van der Waals surface area contributed by atoms with Crippen molar-refractivity contribution in [3.8, 4) is 0 Å². The average molecular weight is 300 g/mol. The lowest BCUT2D eigenvalue weighted by Crippen LogP contribution is -2.51. The molecule has 117 valence electrons. The van der Waals surface area contributed by atoms with Crippen molar-refractivity contribution in [2.45, 2.75) is 45.2 Å². The van der Waals surface area contributed by atoms with E-state index in [0.717, 1.165) is 0 Å². The SMILES string of the molecule is CCOC(=O)C(F)(F)C(c1ccccc1)N([O])C(C)(C)C. The average Bonchev–Trinajstić information content (AvgIpc) is 2.39. The number of alkyl halides is 2. The fraction of sp³-hybridized carbons (Fsp3) is 0.533. The summed E-state index contributed by atoms with van der Waals surface area (Å²) in [7, 11) is 0. The van der Waals surface area contributed by atoms with Gasteiger partial charge in [-0.1, -0.05) is 30.3 Å². The van der Waals surface area contributed by atoms with E-state index in [0.29, 0.717) is 0 Å². The van der Waals surface area contributed by atoms with Crippen LogP contribution in [-0.2, 0) is 14.7 Å². The number of ether oxygens (including phenoxy) is 1. The first-order valence-electron chi connectivity index (χ1n) is 6.68. The standard InChI is InChI=1S/C15H20F2NO3/c1-5-21-13(19)15(16,17)12(18(20)14(2,3)4)11-9-7-6-8-10-11/h6-10,12H,5H2,1-4H3. The topological polar surface area (TPSA) is 49.4 Å². The third-order valence-electron chi connectivity index (χ3n) is 2.90. The molecule has 1 radical (unpaired) electrons. The highest BCUT2D eigenvalue weighted by molar-refractivity contribution is 5.79. The van der Waals surface area contributed by atoms with Crippen LogP contribution in [0.1, 0.15) is 39.3 Å². The Morgan fingerprint density at radius 3 is 2.19 bits per heavy atom. The van der Waals surface area contributed by atoms with Crippen molar-refractivity contribution in [1.29, 1.82) is 0 Å². The lowest BCUT2D eigenvalue weighted by Gasteiger charge is -2.37. The fourth-order valence-electron chi connectivity index (χ4n) is 1.85. The number of benzene rings is 1. The van der Waals surface area contributed by atoms with E-state index in [2.05, 4.69) is 4.74 Å². The van der Waals surface area contributed by atoms with E-state index in [9.17, 15) is 18.8 Å². The quantitative estimate of drug-likeness (QED) is 0.619. The molecule has 0 aliphatic heterocycles. The summed E-state index contributed by atoms with van der Waals surface area (Å²) in [6, 6.07) is 5.59. The molecule has 1 aromatic carbocycles. The van der Waals surface area contributed by atoms with Crippen LogP contribution in [0.5, 0.6) is 0 Å². The van der Waals surface area contributed by atoms with Gasteiger partial charge in [-0.25, -0.2) is 4.79 Å². The number of hydrogen-bond acceptors (Lipinski definition) is 3. The zero-order chi connectivity index (χ0) is 16.3. The highest BCUT2D eigenvalue weighted by atomic mass is 19.3. The van der Waals surface area contributed by atoms with Gasteiger partial charge in [0.05, 0.1) is 6.61 Å². The Hall–Kier alpha value is -1.53. The van der Waals surface area contributed by atoms with Crippen molar-refractivity contribution < 1.29 is 23.5 Å². The summed E-state index contributed by atoms with van der Waals surface area (Å²) in [5.74, 6) is -5.63. The third-order valence-corrected chi connectivity index (χ3v) is 2.90. The van der Waals surface area contributed by atoms with Crippen LogP contribution in [0.4, 0.5) is 8.78 Å². The van der Waals surface area contributed by atoms with Gasteiger partial charge in [-0.05, 0) is 33.3 Å². The van der Waals surface area contributed by atoms with E-state index in [1.165, 1.54) is 39.8 Å². The molecule has 0 saturated carbocycles. The van der Waals surface area contributed by atoms with Gasteiger partial charge in [0.15, 0.2) is 0 Å². The fourth-order valence-corrected chi connectivity index (χ4v) is 1.85. The number of hydrogen-bond donors (Lipinski definition) is 0. The second kappa shape index (κ2) is 6.49. The molecule has 1 rings (SSSR count). The maximum Gasteiger partial charge on any atom is 0.379 e. The molecular weight excluding hydrogens is 280 g/mol. The van der Waals surface area contributed by atoms with Gasteiger partial charge in [0.2, 0.25) is 0 Å². The minimum atomic E-state index is -3.94. The largest absolute Gasteiger partial charge is 0.462 e. The predicted octanol–water partition coefficient (Wildman–Crippen LogP) is 3.37.